The van der Waals surface area contributed by atoms with Crippen molar-refractivity contribution in [1.29, 1.82) is 0 Å². The molecule has 0 heterocycles. The van der Waals surface area contributed by atoms with Crippen LogP contribution in [0.15, 0.2) is 40.9 Å². The molecule has 21 heavy (non-hydrogen) atoms. The molecule has 0 spiro atoms. The molecule has 0 aliphatic rings. The third kappa shape index (κ3) is 4.89. The topological polar surface area (TPSA) is 21.3 Å². The van der Waals surface area contributed by atoms with Gasteiger partial charge < -0.3 is 10.1 Å². The minimum Gasteiger partial charge on any atom is -0.489 e. The van der Waals surface area contributed by atoms with Crippen LogP contribution in [0.1, 0.15) is 18.1 Å². The summed E-state index contributed by atoms with van der Waals surface area (Å²) in [6, 6.07) is 11.5. The maximum Gasteiger partial charge on any atom is 0.120 e. The highest BCUT2D eigenvalue weighted by Gasteiger charge is 2.04. The van der Waals surface area contributed by atoms with Gasteiger partial charge in [-0.2, -0.15) is 0 Å². The van der Waals surface area contributed by atoms with Crippen LogP contribution in [0, 0.1) is 0 Å². The van der Waals surface area contributed by atoms with Gasteiger partial charge in [-0.05, 0) is 48.0 Å². The lowest BCUT2D eigenvalue weighted by Gasteiger charge is -2.11. The third-order valence-electron chi connectivity index (χ3n) is 2.97. The summed E-state index contributed by atoms with van der Waals surface area (Å²) in [5.74, 6) is 0.831. The van der Waals surface area contributed by atoms with Gasteiger partial charge in [0, 0.05) is 11.0 Å². The molecule has 0 bridgehead atoms. The quantitative estimate of drug-likeness (QED) is 0.710. The molecule has 0 unspecified atom stereocenters. The van der Waals surface area contributed by atoms with Crippen molar-refractivity contribution in [2.45, 2.75) is 20.1 Å². The van der Waals surface area contributed by atoms with E-state index in [1.807, 2.05) is 30.3 Å². The molecular weight excluding hydrogens is 373 g/mol. The Bertz CT molecular complexity index is 619. The van der Waals surface area contributed by atoms with Gasteiger partial charge in [0.2, 0.25) is 0 Å². The first-order valence-corrected chi connectivity index (χ1v) is 8.21. The summed E-state index contributed by atoms with van der Waals surface area (Å²) in [7, 11) is 0. The lowest BCUT2D eigenvalue weighted by Crippen LogP contribution is -2.12. The van der Waals surface area contributed by atoms with E-state index in [1.165, 1.54) is 5.56 Å². The fourth-order valence-electron chi connectivity index (χ4n) is 1.83. The van der Waals surface area contributed by atoms with Crippen LogP contribution in [0.2, 0.25) is 10.0 Å². The Labute approximate surface area is 143 Å². The molecular formula is C16H16BrCl2NO. The molecule has 0 saturated carbocycles. The Morgan fingerprint density at radius 2 is 1.90 bits per heavy atom. The van der Waals surface area contributed by atoms with E-state index in [1.54, 1.807) is 6.07 Å². The van der Waals surface area contributed by atoms with E-state index < -0.39 is 0 Å². The van der Waals surface area contributed by atoms with Crippen molar-refractivity contribution in [2.75, 3.05) is 6.54 Å². The summed E-state index contributed by atoms with van der Waals surface area (Å²) in [5, 5.41) is 4.40. The van der Waals surface area contributed by atoms with Gasteiger partial charge in [0.15, 0.2) is 0 Å². The largest absolute Gasteiger partial charge is 0.489 e. The Morgan fingerprint density at radius 3 is 2.62 bits per heavy atom. The number of rotatable bonds is 6. The highest BCUT2D eigenvalue weighted by Crippen LogP contribution is 2.25. The number of ether oxygens (including phenoxy) is 1. The molecule has 0 radical (unpaired) electrons. The molecule has 0 amide bonds. The van der Waals surface area contributed by atoms with Crippen molar-refractivity contribution in [3.63, 3.8) is 0 Å². The van der Waals surface area contributed by atoms with Crippen LogP contribution in [0.3, 0.4) is 0 Å². The van der Waals surface area contributed by atoms with Gasteiger partial charge in [-0.25, -0.2) is 0 Å². The number of nitrogens with one attached hydrogen (secondary N) is 1. The summed E-state index contributed by atoms with van der Waals surface area (Å²) >= 11 is 15.4. The minimum absolute atomic E-state index is 0.458. The molecule has 1 N–H and O–H groups in total. The zero-order valence-electron chi connectivity index (χ0n) is 11.6. The van der Waals surface area contributed by atoms with Crippen molar-refractivity contribution < 1.29 is 4.74 Å². The summed E-state index contributed by atoms with van der Waals surface area (Å²) in [6.07, 6.45) is 0. The van der Waals surface area contributed by atoms with Crippen LogP contribution in [-0.4, -0.2) is 6.54 Å². The monoisotopic (exact) mass is 387 g/mol. The first kappa shape index (κ1) is 16.6. The van der Waals surface area contributed by atoms with E-state index in [9.17, 15) is 0 Å². The molecule has 0 saturated heterocycles. The van der Waals surface area contributed by atoms with E-state index in [4.69, 9.17) is 27.9 Å². The van der Waals surface area contributed by atoms with Crippen molar-refractivity contribution >= 4 is 39.1 Å². The molecule has 0 aliphatic heterocycles. The first-order chi connectivity index (χ1) is 10.1. The number of halogens is 3. The Hall–Kier alpha value is -0.740. The molecule has 112 valence electrons. The predicted molar refractivity (Wildman–Crippen MR) is 92.3 cm³/mol. The van der Waals surface area contributed by atoms with Crippen LogP contribution in [0.4, 0.5) is 0 Å². The van der Waals surface area contributed by atoms with E-state index in [0.29, 0.717) is 16.7 Å². The fourth-order valence-corrected chi connectivity index (χ4v) is 2.54. The molecule has 2 rings (SSSR count). The lowest BCUT2D eigenvalue weighted by atomic mass is 10.2. The van der Waals surface area contributed by atoms with E-state index in [2.05, 4.69) is 28.2 Å². The SMILES string of the molecule is CCNCc1cc(OCc2ccc(Cl)c(Cl)c2)ccc1Br. The average molecular weight is 389 g/mol. The molecule has 0 aliphatic carbocycles. The second kappa shape index (κ2) is 8.04. The molecule has 5 heteroatoms. The summed E-state index contributed by atoms with van der Waals surface area (Å²) in [4.78, 5) is 0. The number of hydrogen-bond donors (Lipinski definition) is 1. The van der Waals surface area contributed by atoms with E-state index in [0.717, 1.165) is 28.9 Å². The molecule has 2 aromatic rings. The highest BCUT2D eigenvalue weighted by atomic mass is 79.9. The number of hydrogen-bond acceptors (Lipinski definition) is 2. The zero-order chi connectivity index (χ0) is 15.2. The summed E-state index contributed by atoms with van der Waals surface area (Å²) in [6.45, 7) is 4.28. The fraction of sp³-hybridized carbons (Fsp3) is 0.250. The maximum atomic E-state index is 6.00. The molecule has 0 fully saturated rings. The summed E-state index contributed by atoms with van der Waals surface area (Å²) in [5.41, 5.74) is 2.16. The van der Waals surface area contributed by atoms with Crippen molar-refractivity contribution in [3.05, 3.63) is 62.0 Å². The Balaban J connectivity index is 2.03. The predicted octanol–water partition coefficient (Wildman–Crippen LogP) is 5.44. The maximum absolute atomic E-state index is 6.00. The van der Waals surface area contributed by atoms with Gasteiger partial charge in [0.05, 0.1) is 10.0 Å². The van der Waals surface area contributed by atoms with Crippen LogP contribution in [0.25, 0.3) is 0 Å². The summed E-state index contributed by atoms with van der Waals surface area (Å²) < 4.78 is 6.89. The third-order valence-corrected chi connectivity index (χ3v) is 4.48. The zero-order valence-corrected chi connectivity index (χ0v) is 14.7. The van der Waals surface area contributed by atoms with Gasteiger partial charge in [-0.15, -0.1) is 0 Å². The van der Waals surface area contributed by atoms with Gasteiger partial charge in [0.25, 0.3) is 0 Å². The van der Waals surface area contributed by atoms with Crippen molar-refractivity contribution in [2.24, 2.45) is 0 Å². The van der Waals surface area contributed by atoms with Gasteiger partial charge in [-0.1, -0.05) is 52.1 Å². The highest BCUT2D eigenvalue weighted by molar-refractivity contribution is 9.10. The smallest absolute Gasteiger partial charge is 0.120 e. The molecule has 0 aromatic heterocycles. The molecule has 2 aromatic carbocycles. The molecule has 2 nitrogen and oxygen atoms in total. The second-order valence-corrected chi connectivity index (χ2v) is 6.24. The lowest BCUT2D eigenvalue weighted by molar-refractivity contribution is 0.306. The van der Waals surface area contributed by atoms with Crippen LogP contribution in [-0.2, 0) is 13.2 Å². The Kier molecular flexibility index (Phi) is 6.37. The van der Waals surface area contributed by atoms with Crippen LogP contribution in [0.5, 0.6) is 5.75 Å². The van der Waals surface area contributed by atoms with Gasteiger partial charge in [0.1, 0.15) is 12.4 Å². The minimum atomic E-state index is 0.458. The van der Waals surface area contributed by atoms with Crippen LogP contribution < -0.4 is 10.1 Å². The first-order valence-electron chi connectivity index (χ1n) is 6.66. The normalized spacial score (nSPS) is 10.7. The van der Waals surface area contributed by atoms with Crippen molar-refractivity contribution in [3.8, 4) is 5.75 Å². The van der Waals surface area contributed by atoms with Gasteiger partial charge >= 0.3 is 0 Å². The van der Waals surface area contributed by atoms with Crippen LogP contribution >= 0.6 is 39.1 Å². The van der Waals surface area contributed by atoms with E-state index in [-0.39, 0.29) is 0 Å². The van der Waals surface area contributed by atoms with Gasteiger partial charge in [-0.3, -0.25) is 0 Å². The van der Waals surface area contributed by atoms with Crippen molar-refractivity contribution in [1.82, 2.24) is 5.32 Å². The number of benzene rings is 2. The second-order valence-electron chi connectivity index (χ2n) is 4.57. The molecule has 0 atom stereocenters. The Morgan fingerprint density at radius 1 is 1.10 bits per heavy atom. The van der Waals surface area contributed by atoms with E-state index >= 15 is 0 Å². The average Bonchev–Trinajstić information content (AvgIpc) is 2.48. The standard InChI is InChI=1S/C16H16BrCl2NO/c1-2-20-9-12-8-13(4-5-14(12)17)21-10-11-3-6-15(18)16(19)7-11/h3-8,20H,2,9-10H2,1H3.